The summed E-state index contributed by atoms with van der Waals surface area (Å²) in [5, 5.41) is 0.881. The number of aryl methyl sites for hydroxylation is 3. The Hall–Kier alpha value is -3.32. The summed E-state index contributed by atoms with van der Waals surface area (Å²) in [6.07, 6.45) is 0. The molecule has 30 heavy (non-hydrogen) atoms. The van der Waals surface area contributed by atoms with Gasteiger partial charge in [-0.1, -0.05) is 23.5 Å². The largest absolute Gasteiger partial charge is 0.468 e. The molecule has 0 saturated carbocycles. The Morgan fingerprint density at radius 3 is 2.67 bits per heavy atom. The predicted octanol–water partition coefficient (Wildman–Crippen LogP) is 4.09. The first-order chi connectivity index (χ1) is 14.4. The number of esters is 1. The number of nitrogens with zero attached hydrogens (tertiary/aromatic N) is 3. The normalized spacial score (nSPS) is 11.9. The molecule has 6 nitrogen and oxygen atoms in total. The smallest absolute Gasteiger partial charge is 0.325 e. The quantitative estimate of drug-likeness (QED) is 0.469. The van der Waals surface area contributed by atoms with Crippen LogP contribution in [0.3, 0.4) is 0 Å². The molecular formula is C23H21N3O3S. The summed E-state index contributed by atoms with van der Waals surface area (Å²) in [6.45, 7) is 5.93. The van der Waals surface area contributed by atoms with Gasteiger partial charge in [0.15, 0.2) is 4.80 Å². The molecule has 0 unspecified atom stereocenters. The van der Waals surface area contributed by atoms with Crippen LogP contribution in [0.15, 0.2) is 47.5 Å². The lowest BCUT2D eigenvalue weighted by Gasteiger charge is -2.05. The molecule has 4 aromatic rings. The van der Waals surface area contributed by atoms with Crippen molar-refractivity contribution >= 4 is 44.3 Å². The Labute approximate surface area is 177 Å². The molecule has 2 heterocycles. The highest BCUT2D eigenvalue weighted by Crippen LogP contribution is 2.24. The van der Waals surface area contributed by atoms with Crippen molar-refractivity contribution in [2.24, 2.45) is 4.99 Å². The third kappa shape index (κ3) is 3.76. The maximum atomic E-state index is 13.0. The SMILES string of the molecule is COC(=O)Cn1c(=NC(=O)c2ccc3nc(C)ccc3c2)sc2c(C)cc(C)cc21. The van der Waals surface area contributed by atoms with E-state index < -0.39 is 5.97 Å². The van der Waals surface area contributed by atoms with Crippen molar-refractivity contribution in [3.05, 3.63) is 69.7 Å². The lowest BCUT2D eigenvalue weighted by molar-refractivity contribution is -0.141. The van der Waals surface area contributed by atoms with Gasteiger partial charge in [0.1, 0.15) is 6.54 Å². The number of hydrogen-bond donors (Lipinski definition) is 0. The summed E-state index contributed by atoms with van der Waals surface area (Å²) in [5.74, 6) is -0.757. The van der Waals surface area contributed by atoms with E-state index in [9.17, 15) is 9.59 Å². The van der Waals surface area contributed by atoms with Gasteiger partial charge in [0.25, 0.3) is 5.91 Å². The molecule has 0 radical (unpaired) electrons. The van der Waals surface area contributed by atoms with Gasteiger partial charge in [-0.05, 0) is 62.2 Å². The zero-order valence-electron chi connectivity index (χ0n) is 17.2. The number of ether oxygens (including phenoxy) is 1. The van der Waals surface area contributed by atoms with Gasteiger partial charge in [0, 0.05) is 16.6 Å². The number of benzene rings is 2. The lowest BCUT2D eigenvalue weighted by Crippen LogP contribution is -2.22. The monoisotopic (exact) mass is 419 g/mol. The van der Waals surface area contributed by atoms with E-state index in [1.165, 1.54) is 18.4 Å². The maximum Gasteiger partial charge on any atom is 0.325 e. The van der Waals surface area contributed by atoms with Crippen LogP contribution >= 0.6 is 11.3 Å². The van der Waals surface area contributed by atoms with E-state index in [4.69, 9.17) is 4.74 Å². The van der Waals surface area contributed by atoms with Crippen molar-refractivity contribution in [2.75, 3.05) is 7.11 Å². The van der Waals surface area contributed by atoms with E-state index in [0.717, 1.165) is 37.9 Å². The molecule has 0 spiro atoms. The molecule has 4 rings (SSSR count). The van der Waals surface area contributed by atoms with Crippen LogP contribution in [0.2, 0.25) is 0 Å². The Morgan fingerprint density at radius 1 is 1.10 bits per heavy atom. The number of hydrogen-bond acceptors (Lipinski definition) is 5. The number of pyridine rings is 1. The molecule has 2 aromatic heterocycles. The van der Waals surface area contributed by atoms with Crippen LogP contribution in [0.1, 0.15) is 27.2 Å². The van der Waals surface area contributed by atoms with Gasteiger partial charge in [0.2, 0.25) is 0 Å². The Bertz CT molecular complexity index is 1380. The van der Waals surface area contributed by atoms with Crippen LogP contribution in [0, 0.1) is 20.8 Å². The number of thiazole rings is 1. The summed E-state index contributed by atoms with van der Waals surface area (Å²) in [6, 6.07) is 13.3. The van der Waals surface area contributed by atoms with Crippen molar-refractivity contribution in [3.63, 3.8) is 0 Å². The van der Waals surface area contributed by atoms with Crippen molar-refractivity contribution in [2.45, 2.75) is 27.3 Å². The van der Waals surface area contributed by atoms with E-state index in [2.05, 4.69) is 16.0 Å². The first-order valence-corrected chi connectivity index (χ1v) is 10.3. The molecule has 2 aromatic carbocycles. The molecule has 152 valence electrons. The summed E-state index contributed by atoms with van der Waals surface area (Å²) in [4.78, 5) is 34.3. The Kier molecular flexibility index (Phi) is 5.22. The molecule has 0 bridgehead atoms. The first-order valence-electron chi connectivity index (χ1n) is 9.49. The fourth-order valence-corrected chi connectivity index (χ4v) is 4.53. The van der Waals surface area contributed by atoms with E-state index in [1.807, 2.05) is 45.0 Å². The molecule has 0 atom stereocenters. The van der Waals surface area contributed by atoms with Crippen molar-refractivity contribution in [3.8, 4) is 0 Å². The zero-order chi connectivity index (χ0) is 21.4. The highest BCUT2D eigenvalue weighted by Gasteiger charge is 2.14. The maximum absolute atomic E-state index is 13.0. The number of methoxy groups -OCH3 is 1. The predicted molar refractivity (Wildman–Crippen MR) is 118 cm³/mol. The molecular weight excluding hydrogens is 398 g/mol. The number of aromatic nitrogens is 2. The number of carbonyl (C=O) groups is 2. The van der Waals surface area contributed by atoms with Gasteiger partial charge >= 0.3 is 5.97 Å². The lowest BCUT2D eigenvalue weighted by atomic mass is 10.1. The van der Waals surface area contributed by atoms with Gasteiger partial charge in [-0.15, -0.1) is 0 Å². The number of rotatable bonds is 3. The summed E-state index contributed by atoms with van der Waals surface area (Å²) >= 11 is 1.40. The second kappa shape index (κ2) is 7.84. The third-order valence-corrected chi connectivity index (χ3v) is 6.13. The Balaban J connectivity index is 1.86. The third-order valence-electron chi connectivity index (χ3n) is 4.90. The molecule has 0 aliphatic rings. The Morgan fingerprint density at radius 2 is 1.90 bits per heavy atom. The highest BCUT2D eigenvalue weighted by atomic mass is 32.1. The zero-order valence-corrected chi connectivity index (χ0v) is 18.0. The van der Waals surface area contributed by atoms with Crippen molar-refractivity contribution in [1.29, 1.82) is 0 Å². The summed E-state index contributed by atoms with van der Waals surface area (Å²) < 4.78 is 7.59. The molecule has 0 fully saturated rings. The van der Waals surface area contributed by atoms with Gasteiger partial charge in [-0.2, -0.15) is 4.99 Å². The van der Waals surface area contributed by atoms with Crippen molar-refractivity contribution in [1.82, 2.24) is 9.55 Å². The fourth-order valence-electron chi connectivity index (χ4n) is 3.46. The van der Waals surface area contributed by atoms with Crippen LogP contribution in [0.5, 0.6) is 0 Å². The molecule has 0 aliphatic carbocycles. The topological polar surface area (TPSA) is 73.6 Å². The minimum atomic E-state index is -0.394. The molecule has 1 amide bonds. The molecule has 0 N–H and O–H groups in total. The second-order valence-electron chi connectivity index (χ2n) is 7.25. The van der Waals surface area contributed by atoms with Crippen LogP contribution in [-0.4, -0.2) is 28.5 Å². The van der Waals surface area contributed by atoms with Gasteiger partial charge < -0.3 is 9.30 Å². The van der Waals surface area contributed by atoms with E-state index in [-0.39, 0.29) is 12.5 Å². The van der Waals surface area contributed by atoms with E-state index in [0.29, 0.717) is 10.4 Å². The van der Waals surface area contributed by atoms with E-state index >= 15 is 0 Å². The number of fused-ring (bicyclic) bond motifs is 2. The van der Waals surface area contributed by atoms with Crippen molar-refractivity contribution < 1.29 is 14.3 Å². The average Bonchev–Trinajstić information content (AvgIpc) is 3.04. The van der Waals surface area contributed by atoms with Crippen LogP contribution in [0.25, 0.3) is 21.1 Å². The van der Waals surface area contributed by atoms with Gasteiger partial charge in [-0.3, -0.25) is 14.6 Å². The van der Waals surface area contributed by atoms with Gasteiger partial charge in [-0.25, -0.2) is 0 Å². The molecule has 0 aliphatic heterocycles. The number of carbonyl (C=O) groups excluding carboxylic acids is 2. The summed E-state index contributed by atoms with van der Waals surface area (Å²) in [5.41, 5.74) is 5.25. The van der Waals surface area contributed by atoms with Gasteiger partial charge in [0.05, 0.1) is 22.8 Å². The van der Waals surface area contributed by atoms with Crippen LogP contribution in [-0.2, 0) is 16.1 Å². The summed E-state index contributed by atoms with van der Waals surface area (Å²) in [7, 11) is 1.35. The average molecular weight is 420 g/mol. The second-order valence-corrected chi connectivity index (χ2v) is 8.23. The molecule has 7 heteroatoms. The van der Waals surface area contributed by atoms with Crippen LogP contribution in [0.4, 0.5) is 0 Å². The highest BCUT2D eigenvalue weighted by molar-refractivity contribution is 7.16. The minimum absolute atomic E-state index is 0.00752. The first kappa shape index (κ1) is 20.0. The number of amides is 1. The van der Waals surface area contributed by atoms with Crippen LogP contribution < -0.4 is 4.80 Å². The fraction of sp³-hybridized carbons (Fsp3) is 0.217. The molecule has 0 saturated heterocycles. The minimum Gasteiger partial charge on any atom is -0.468 e. The standard InChI is InChI=1S/C23H21N3O3S/c1-13-9-14(2)21-19(10-13)26(12-20(27)29-4)23(30-21)25-22(28)17-7-8-18-16(11-17)6-5-15(3)24-18/h5-11H,12H2,1-4H3. The van der Waals surface area contributed by atoms with E-state index in [1.54, 1.807) is 16.7 Å².